The molecular formula is C21H22ClFN2O3S. The summed E-state index contributed by atoms with van der Waals surface area (Å²) < 4.78 is 18.5. The number of morpholine rings is 1. The fraction of sp³-hybridized carbons (Fsp3) is 0.429. The maximum atomic E-state index is 13.2. The molecule has 154 valence electrons. The first-order chi connectivity index (χ1) is 14.0. The smallest absolute Gasteiger partial charge is 0.264 e. The predicted molar refractivity (Wildman–Crippen MR) is 110 cm³/mol. The lowest BCUT2D eigenvalue weighted by molar-refractivity contribution is -0.125. The lowest BCUT2D eigenvalue weighted by atomic mass is 9.87. The fourth-order valence-electron chi connectivity index (χ4n) is 3.77. The minimum Gasteiger partial charge on any atom is -0.378 e. The zero-order chi connectivity index (χ0) is 20.4. The molecule has 1 aliphatic carbocycles. The van der Waals surface area contributed by atoms with Gasteiger partial charge in [0.15, 0.2) is 0 Å². The van der Waals surface area contributed by atoms with Crippen molar-refractivity contribution in [2.75, 3.05) is 26.3 Å². The summed E-state index contributed by atoms with van der Waals surface area (Å²) in [5.74, 6) is -0.518. The Labute approximate surface area is 177 Å². The molecule has 0 spiro atoms. The summed E-state index contributed by atoms with van der Waals surface area (Å²) in [4.78, 5) is 29.1. The highest BCUT2D eigenvalue weighted by molar-refractivity contribution is 7.14. The Morgan fingerprint density at radius 3 is 2.83 bits per heavy atom. The van der Waals surface area contributed by atoms with Crippen LogP contribution in [0.4, 0.5) is 4.39 Å². The molecule has 8 heteroatoms. The van der Waals surface area contributed by atoms with Crippen molar-refractivity contribution in [1.29, 1.82) is 0 Å². The number of nitrogens with zero attached hydrogens (tertiary/aromatic N) is 1. The van der Waals surface area contributed by atoms with Gasteiger partial charge in [0.25, 0.3) is 5.91 Å². The molecule has 0 saturated carbocycles. The Morgan fingerprint density at radius 1 is 1.28 bits per heavy atom. The summed E-state index contributed by atoms with van der Waals surface area (Å²) in [7, 11) is 0. The van der Waals surface area contributed by atoms with Crippen molar-refractivity contribution in [3.8, 4) is 0 Å². The van der Waals surface area contributed by atoms with Crippen LogP contribution in [-0.4, -0.2) is 43.0 Å². The normalized spacial score (nSPS) is 19.0. The lowest BCUT2D eigenvalue weighted by Gasteiger charge is -2.26. The van der Waals surface area contributed by atoms with Gasteiger partial charge in [-0.15, -0.1) is 11.3 Å². The SMILES string of the molecule is O=C(NCc1ccc(F)cc1Cl)C1CCc2sc(C(=O)N3CCOCC3)cc2C1. The molecule has 2 amide bonds. The van der Waals surface area contributed by atoms with Crippen LogP contribution < -0.4 is 5.32 Å². The Morgan fingerprint density at radius 2 is 2.07 bits per heavy atom. The Balaban J connectivity index is 1.37. The third-order valence-corrected chi connectivity index (χ3v) is 7.01. The highest BCUT2D eigenvalue weighted by atomic mass is 35.5. The van der Waals surface area contributed by atoms with E-state index in [0.29, 0.717) is 43.3 Å². The van der Waals surface area contributed by atoms with Crippen LogP contribution >= 0.6 is 22.9 Å². The molecule has 4 rings (SSSR count). The number of carbonyl (C=O) groups is 2. The monoisotopic (exact) mass is 436 g/mol. The van der Waals surface area contributed by atoms with Crippen molar-refractivity contribution < 1.29 is 18.7 Å². The second-order valence-electron chi connectivity index (χ2n) is 7.36. The van der Waals surface area contributed by atoms with Crippen molar-refractivity contribution in [3.63, 3.8) is 0 Å². The number of carbonyl (C=O) groups excluding carboxylic acids is 2. The molecule has 1 atom stereocenters. The van der Waals surface area contributed by atoms with Crippen molar-refractivity contribution in [3.05, 3.63) is 56.0 Å². The Bertz CT molecular complexity index is 927. The molecule has 2 heterocycles. The van der Waals surface area contributed by atoms with E-state index in [9.17, 15) is 14.0 Å². The summed E-state index contributed by atoms with van der Waals surface area (Å²) >= 11 is 7.58. The molecule has 2 aromatic rings. The number of thiophene rings is 1. The van der Waals surface area contributed by atoms with Crippen molar-refractivity contribution in [2.24, 2.45) is 5.92 Å². The minimum atomic E-state index is -0.398. The first-order valence-corrected chi connectivity index (χ1v) is 10.9. The number of benzene rings is 1. The number of amides is 2. The highest BCUT2D eigenvalue weighted by Crippen LogP contribution is 2.33. The van der Waals surface area contributed by atoms with Gasteiger partial charge in [-0.05, 0) is 48.6 Å². The van der Waals surface area contributed by atoms with Crippen molar-refractivity contribution in [2.45, 2.75) is 25.8 Å². The quantitative estimate of drug-likeness (QED) is 0.798. The summed E-state index contributed by atoms with van der Waals surface area (Å²) in [5.41, 5.74) is 1.78. The average molecular weight is 437 g/mol. The number of fused-ring (bicyclic) bond motifs is 1. The van der Waals surface area contributed by atoms with E-state index in [4.69, 9.17) is 16.3 Å². The van der Waals surface area contributed by atoms with Gasteiger partial charge in [-0.25, -0.2) is 4.39 Å². The second-order valence-corrected chi connectivity index (χ2v) is 8.90. The fourth-order valence-corrected chi connectivity index (χ4v) is 5.18. The molecular weight excluding hydrogens is 415 g/mol. The van der Waals surface area contributed by atoms with E-state index in [1.54, 1.807) is 17.4 Å². The van der Waals surface area contributed by atoms with E-state index in [0.717, 1.165) is 23.3 Å². The van der Waals surface area contributed by atoms with Crippen LogP contribution in [-0.2, 0) is 28.9 Å². The number of hydrogen-bond acceptors (Lipinski definition) is 4. The third kappa shape index (κ3) is 4.63. The van der Waals surface area contributed by atoms with Crippen molar-refractivity contribution in [1.82, 2.24) is 10.2 Å². The maximum absolute atomic E-state index is 13.2. The van der Waals surface area contributed by atoms with Gasteiger partial charge >= 0.3 is 0 Å². The van der Waals surface area contributed by atoms with Crippen molar-refractivity contribution >= 4 is 34.8 Å². The highest BCUT2D eigenvalue weighted by Gasteiger charge is 2.29. The molecule has 2 aliphatic rings. The van der Waals surface area contributed by atoms with E-state index >= 15 is 0 Å². The van der Waals surface area contributed by atoms with Gasteiger partial charge in [0, 0.05) is 35.5 Å². The van der Waals surface area contributed by atoms with Gasteiger partial charge in [0.05, 0.1) is 18.1 Å². The van der Waals surface area contributed by atoms with Crippen LogP contribution in [0.1, 0.15) is 32.1 Å². The van der Waals surface area contributed by atoms with Crippen LogP contribution in [0.5, 0.6) is 0 Å². The van der Waals surface area contributed by atoms with Crippen LogP contribution in [0.25, 0.3) is 0 Å². The molecule has 1 aromatic heterocycles. The topological polar surface area (TPSA) is 58.6 Å². The molecule has 0 bridgehead atoms. The molecule has 29 heavy (non-hydrogen) atoms. The van der Waals surface area contributed by atoms with Gasteiger partial charge in [-0.2, -0.15) is 0 Å². The summed E-state index contributed by atoms with van der Waals surface area (Å²) in [6.07, 6.45) is 2.18. The second kappa shape index (κ2) is 8.81. The number of ether oxygens (including phenoxy) is 1. The first kappa shape index (κ1) is 20.3. The number of nitrogens with one attached hydrogen (secondary N) is 1. The zero-order valence-electron chi connectivity index (χ0n) is 15.9. The minimum absolute atomic E-state index is 0.0386. The molecule has 5 nitrogen and oxygen atoms in total. The summed E-state index contributed by atoms with van der Waals surface area (Å²) in [5, 5.41) is 3.22. The van der Waals surface area contributed by atoms with Crippen LogP contribution in [0, 0.1) is 11.7 Å². The standard InChI is InChI=1S/C21H22ClFN2O3S/c22-17-11-16(23)3-1-14(17)12-24-20(26)13-2-4-18-15(9-13)10-19(29-18)21(27)25-5-7-28-8-6-25/h1,3,10-11,13H,2,4-9,12H2,(H,24,26). The van der Waals surface area contributed by atoms with E-state index in [2.05, 4.69) is 5.32 Å². The van der Waals surface area contributed by atoms with Gasteiger partial charge in [-0.1, -0.05) is 17.7 Å². The molecule has 1 N–H and O–H groups in total. The maximum Gasteiger partial charge on any atom is 0.264 e. The summed E-state index contributed by atoms with van der Waals surface area (Å²) in [6.45, 7) is 2.68. The van der Waals surface area contributed by atoms with Gasteiger partial charge in [-0.3, -0.25) is 9.59 Å². The molecule has 1 fully saturated rings. The average Bonchev–Trinajstić information content (AvgIpc) is 3.16. The van der Waals surface area contributed by atoms with Gasteiger partial charge in [0.2, 0.25) is 5.91 Å². The number of hydrogen-bond donors (Lipinski definition) is 1. The van der Waals surface area contributed by atoms with Crippen LogP contribution in [0.2, 0.25) is 5.02 Å². The molecule has 0 radical (unpaired) electrons. The summed E-state index contributed by atoms with van der Waals surface area (Å²) in [6, 6.07) is 6.11. The predicted octanol–water partition coefficient (Wildman–Crippen LogP) is 3.43. The van der Waals surface area contributed by atoms with E-state index in [1.807, 2.05) is 11.0 Å². The number of halogens is 2. The largest absolute Gasteiger partial charge is 0.378 e. The van der Waals surface area contributed by atoms with Gasteiger partial charge in [0.1, 0.15) is 5.82 Å². The number of aryl methyl sites for hydroxylation is 1. The zero-order valence-corrected chi connectivity index (χ0v) is 17.5. The number of rotatable bonds is 4. The Kier molecular flexibility index (Phi) is 6.18. The van der Waals surface area contributed by atoms with E-state index < -0.39 is 5.82 Å². The van der Waals surface area contributed by atoms with E-state index in [-0.39, 0.29) is 24.3 Å². The first-order valence-electron chi connectivity index (χ1n) is 9.71. The van der Waals surface area contributed by atoms with Gasteiger partial charge < -0.3 is 15.0 Å². The molecule has 1 aromatic carbocycles. The lowest BCUT2D eigenvalue weighted by Crippen LogP contribution is -2.40. The molecule has 1 unspecified atom stereocenters. The molecule has 1 aliphatic heterocycles. The van der Waals surface area contributed by atoms with Crippen LogP contribution in [0.15, 0.2) is 24.3 Å². The molecule has 1 saturated heterocycles. The van der Waals surface area contributed by atoms with Crippen LogP contribution in [0.3, 0.4) is 0 Å². The third-order valence-electron chi connectivity index (χ3n) is 5.43. The Hall–Kier alpha value is -1.96. The van der Waals surface area contributed by atoms with E-state index in [1.165, 1.54) is 17.0 Å².